The Labute approximate surface area is 56.2 Å². The molecule has 0 aliphatic carbocycles. The van der Waals surface area contributed by atoms with E-state index in [2.05, 4.69) is 9.65 Å². The van der Waals surface area contributed by atoms with E-state index in [0.717, 1.165) is 0 Å². The average molecular weight is 212 g/mol. The smallest absolute Gasteiger partial charge is 0.342 e. The fourth-order valence-electron chi connectivity index (χ4n) is 0.0659. The van der Waals surface area contributed by atoms with E-state index in [1.54, 1.807) is 6.92 Å². The molecule has 0 bridgehead atoms. The SMILES string of the molecule is C=C(C)C(=O)OI. The largest absolute Gasteiger partial charge is 0.391 e. The molecule has 2 nitrogen and oxygen atoms in total. The first-order chi connectivity index (χ1) is 3.18. The standard InChI is InChI=1S/C4H5IO2/c1-3(2)4(6)7-5/h1H2,2H3. The molecule has 0 amide bonds. The second kappa shape index (κ2) is 3.01. The Kier molecular flexibility index (Phi) is 2.98. The van der Waals surface area contributed by atoms with Gasteiger partial charge in [0.2, 0.25) is 0 Å². The van der Waals surface area contributed by atoms with E-state index in [1.807, 2.05) is 0 Å². The lowest BCUT2D eigenvalue weighted by Gasteiger charge is -1.88. The predicted octanol–water partition coefficient (Wildman–Crippen LogP) is 1.46. The van der Waals surface area contributed by atoms with Crippen molar-refractivity contribution in [1.82, 2.24) is 0 Å². The number of carbonyl (C=O) groups excluding carboxylic acids is 1. The number of hydrogen-bond acceptors (Lipinski definition) is 2. The summed E-state index contributed by atoms with van der Waals surface area (Å²) in [7, 11) is 0. The Morgan fingerprint density at radius 2 is 2.29 bits per heavy atom. The summed E-state index contributed by atoms with van der Waals surface area (Å²) in [5.41, 5.74) is 0.425. The molecule has 7 heavy (non-hydrogen) atoms. The van der Waals surface area contributed by atoms with Crippen molar-refractivity contribution in [1.29, 1.82) is 0 Å². The minimum atomic E-state index is -0.361. The summed E-state index contributed by atoms with van der Waals surface area (Å²) in [5, 5.41) is 0. The molecule has 0 saturated carbocycles. The van der Waals surface area contributed by atoms with Crippen molar-refractivity contribution in [2.75, 3.05) is 0 Å². The molecule has 0 saturated heterocycles. The van der Waals surface area contributed by atoms with Crippen molar-refractivity contribution >= 4 is 29.0 Å². The van der Waals surface area contributed by atoms with Crippen LogP contribution in [-0.4, -0.2) is 5.97 Å². The van der Waals surface area contributed by atoms with Crippen molar-refractivity contribution < 1.29 is 7.86 Å². The lowest BCUT2D eigenvalue weighted by atomic mass is 10.4. The van der Waals surface area contributed by atoms with E-state index < -0.39 is 0 Å². The molecule has 0 aromatic heterocycles. The molecular weight excluding hydrogens is 207 g/mol. The van der Waals surface area contributed by atoms with Crippen LogP contribution >= 0.6 is 23.0 Å². The highest BCUT2D eigenvalue weighted by atomic mass is 127. The molecule has 0 unspecified atom stereocenters. The van der Waals surface area contributed by atoms with Gasteiger partial charge >= 0.3 is 5.97 Å². The minimum absolute atomic E-state index is 0.361. The van der Waals surface area contributed by atoms with Gasteiger partial charge in [-0.1, -0.05) is 6.58 Å². The van der Waals surface area contributed by atoms with E-state index in [-0.39, 0.29) is 5.97 Å². The fourth-order valence-corrected chi connectivity index (χ4v) is 0.442. The first-order valence-electron chi connectivity index (χ1n) is 1.67. The van der Waals surface area contributed by atoms with E-state index in [1.165, 1.54) is 23.0 Å². The molecule has 0 fully saturated rings. The molecule has 0 spiro atoms. The van der Waals surface area contributed by atoms with Crippen LogP contribution in [0.15, 0.2) is 12.2 Å². The minimum Gasteiger partial charge on any atom is -0.391 e. The Morgan fingerprint density at radius 1 is 1.86 bits per heavy atom. The van der Waals surface area contributed by atoms with Crippen LogP contribution in [0.4, 0.5) is 0 Å². The van der Waals surface area contributed by atoms with Gasteiger partial charge in [-0.2, -0.15) is 0 Å². The van der Waals surface area contributed by atoms with Gasteiger partial charge in [0, 0.05) is 5.57 Å². The highest BCUT2D eigenvalue weighted by Crippen LogP contribution is 1.95. The summed E-state index contributed by atoms with van der Waals surface area (Å²) in [4.78, 5) is 10.2. The van der Waals surface area contributed by atoms with Gasteiger partial charge in [-0.05, 0) is 6.92 Å². The van der Waals surface area contributed by atoms with Crippen molar-refractivity contribution in [2.45, 2.75) is 6.92 Å². The lowest BCUT2D eigenvalue weighted by molar-refractivity contribution is -0.127. The normalized spacial score (nSPS) is 7.71. The molecule has 0 aromatic rings. The molecule has 3 heteroatoms. The van der Waals surface area contributed by atoms with Crippen LogP contribution in [-0.2, 0) is 7.86 Å². The number of hydrogen-bond donors (Lipinski definition) is 0. The van der Waals surface area contributed by atoms with Gasteiger partial charge in [-0.15, -0.1) is 0 Å². The zero-order chi connectivity index (χ0) is 5.86. The van der Waals surface area contributed by atoms with Crippen molar-refractivity contribution in [3.8, 4) is 0 Å². The zero-order valence-electron chi connectivity index (χ0n) is 3.90. The molecule has 0 aliphatic rings. The molecule has 0 N–H and O–H groups in total. The molecule has 0 atom stereocenters. The summed E-state index contributed by atoms with van der Waals surface area (Å²) in [6.45, 7) is 4.94. The molecule has 40 valence electrons. The average Bonchev–Trinajstić information content (AvgIpc) is 1.65. The van der Waals surface area contributed by atoms with E-state index in [4.69, 9.17) is 0 Å². The van der Waals surface area contributed by atoms with Crippen LogP contribution in [0.5, 0.6) is 0 Å². The van der Waals surface area contributed by atoms with Crippen LogP contribution < -0.4 is 0 Å². The van der Waals surface area contributed by atoms with Crippen LogP contribution in [0.3, 0.4) is 0 Å². The predicted molar refractivity (Wildman–Crippen MR) is 34.9 cm³/mol. The van der Waals surface area contributed by atoms with E-state index in [0.29, 0.717) is 5.57 Å². The van der Waals surface area contributed by atoms with Gasteiger partial charge in [0.05, 0.1) is 0 Å². The van der Waals surface area contributed by atoms with Gasteiger partial charge in [-0.3, -0.25) is 0 Å². The zero-order valence-corrected chi connectivity index (χ0v) is 6.06. The third kappa shape index (κ3) is 2.61. The number of rotatable bonds is 1. The van der Waals surface area contributed by atoms with Crippen LogP contribution in [0, 0.1) is 0 Å². The monoisotopic (exact) mass is 212 g/mol. The Hall–Kier alpha value is -0.0600. The topological polar surface area (TPSA) is 26.3 Å². The molecule has 0 radical (unpaired) electrons. The maximum Gasteiger partial charge on any atom is 0.342 e. The van der Waals surface area contributed by atoms with Gasteiger partial charge in [0.1, 0.15) is 0 Å². The third-order valence-electron chi connectivity index (χ3n) is 0.419. The van der Waals surface area contributed by atoms with Crippen LogP contribution in [0.1, 0.15) is 6.92 Å². The second-order valence-corrected chi connectivity index (χ2v) is 1.59. The Bertz CT molecular complexity index is 97.9. The summed E-state index contributed by atoms with van der Waals surface area (Å²) in [6.07, 6.45) is 0. The molecule has 0 heterocycles. The first kappa shape index (κ1) is 6.94. The van der Waals surface area contributed by atoms with Crippen LogP contribution in [0.2, 0.25) is 0 Å². The van der Waals surface area contributed by atoms with E-state index >= 15 is 0 Å². The number of halogens is 1. The van der Waals surface area contributed by atoms with Gasteiger partial charge < -0.3 is 3.07 Å². The second-order valence-electron chi connectivity index (χ2n) is 1.14. The third-order valence-corrected chi connectivity index (χ3v) is 0.819. The molecule has 0 aromatic carbocycles. The van der Waals surface area contributed by atoms with Gasteiger partial charge in [-0.25, -0.2) is 4.79 Å². The quantitative estimate of drug-likeness (QED) is 0.485. The van der Waals surface area contributed by atoms with Gasteiger partial charge in [0.25, 0.3) is 0 Å². The molecule has 0 aliphatic heterocycles. The maximum absolute atomic E-state index is 10.2. The Morgan fingerprint density at radius 3 is 2.29 bits per heavy atom. The van der Waals surface area contributed by atoms with Crippen molar-refractivity contribution in [3.63, 3.8) is 0 Å². The maximum atomic E-state index is 10.2. The van der Waals surface area contributed by atoms with Gasteiger partial charge in [0.15, 0.2) is 23.0 Å². The first-order valence-corrected chi connectivity index (χ1v) is 2.55. The molecular formula is C4H5IO2. The summed E-state index contributed by atoms with van der Waals surface area (Å²) in [6, 6.07) is 0. The molecule has 0 rings (SSSR count). The Balaban J connectivity index is 3.58. The van der Waals surface area contributed by atoms with Crippen molar-refractivity contribution in [2.24, 2.45) is 0 Å². The highest BCUT2D eigenvalue weighted by molar-refractivity contribution is 14.1. The summed E-state index contributed by atoms with van der Waals surface area (Å²) in [5.74, 6) is -0.361. The van der Waals surface area contributed by atoms with E-state index in [9.17, 15) is 4.79 Å². The highest BCUT2D eigenvalue weighted by Gasteiger charge is 1.97. The summed E-state index contributed by atoms with van der Waals surface area (Å²) >= 11 is 1.52. The number of carbonyl (C=O) groups is 1. The lowest BCUT2D eigenvalue weighted by Crippen LogP contribution is -1.94. The fraction of sp³-hybridized carbons (Fsp3) is 0.250. The van der Waals surface area contributed by atoms with Crippen LogP contribution in [0.25, 0.3) is 0 Å². The summed E-state index contributed by atoms with van der Waals surface area (Å²) < 4.78 is 4.24. The van der Waals surface area contributed by atoms with Crippen molar-refractivity contribution in [3.05, 3.63) is 12.2 Å².